The average molecular weight is 636 g/mol. The minimum absolute atomic E-state index is 0.132. The second-order valence-corrected chi connectivity index (χ2v) is 14.0. The smallest absolute Gasteiger partial charge is 0.271 e. The highest BCUT2D eigenvalue weighted by molar-refractivity contribution is 7.94. The number of aliphatic hydroxyl groups is 1. The minimum Gasteiger partial charge on any atom is -0.486 e. The summed E-state index contributed by atoms with van der Waals surface area (Å²) in [6, 6.07) is 25.2. The fourth-order valence-electron chi connectivity index (χ4n) is 5.12. The van der Waals surface area contributed by atoms with Gasteiger partial charge in [-0.25, -0.2) is 8.42 Å². The van der Waals surface area contributed by atoms with Gasteiger partial charge in [0.2, 0.25) is 0 Å². The number of thiophene rings is 1. The van der Waals surface area contributed by atoms with Gasteiger partial charge in [0.25, 0.3) is 15.9 Å². The second-order valence-electron chi connectivity index (χ2n) is 11.1. The van der Waals surface area contributed by atoms with E-state index in [9.17, 15) is 18.3 Å². The Morgan fingerprint density at radius 2 is 1.77 bits per heavy atom. The van der Waals surface area contributed by atoms with Gasteiger partial charge >= 0.3 is 0 Å². The summed E-state index contributed by atoms with van der Waals surface area (Å²) in [5.74, 6) is 1.24. The van der Waals surface area contributed by atoms with Crippen LogP contribution in [0, 0.1) is 5.92 Å². The predicted molar refractivity (Wildman–Crippen MR) is 172 cm³/mol. The number of carbonyl (C=O) groups excluding carboxylic acids is 1. The summed E-state index contributed by atoms with van der Waals surface area (Å²) in [6.45, 7) is 5.10. The molecular formula is C33H37N3O6S2. The highest BCUT2D eigenvalue weighted by Crippen LogP contribution is 2.36. The van der Waals surface area contributed by atoms with E-state index in [1.165, 1.54) is 6.07 Å². The molecule has 1 amide bonds. The molecule has 0 aliphatic carbocycles. The van der Waals surface area contributed by atoms with E-state index in [4.69, 9.17) is 9.47 Å². The Balaban J connectivity index is 1.38. The van der Waals surface area contributed by atoms with Crippen molar-refractivity contribution >= 4 is 33.0 Å². The quantitative estimate of drug-likeness (QED) is 0.218. The van der Waals surface area contributed by atoms with Gasteiger partial charge in [0.05, 0.1) is 23.9 Å². The second kappa shape index (κ2) is 13.8. The standard InChI is InChI=1S/C33H37N3O6S2/c1-23-19-36(24(2)22-37)33(38)28-11-7-12-29(34-44(39,40)31-13-8-18-43-31)32(28)42-30(23)21-35(3)20-25-14-16-27(17-15-25)41-26-9-5-4-6-10-26/h4-18,23-24,30,34,37H,19-22H2,1-3H3/t23-,24-,30+/m0/s1. The number of para-hydroxylation sites is 2. The monoisotopic (exact) mass is 635 g/mol. The molecule has 1 aromatic heterocycles. The average Bonchev–Trinajstić information content (AvgIpc) is 3.57. The molecule has 1 aliphatic heterocycles. The Hall–Kier alpha value is -3.90. The third-order valence-corrected chi connectivity index (χ3v) is 10.3. The number of aliphatic hydroxyl groups excluding tert-OH is 1. The summed E-state index contributed by atoms with van der Waals surface area (Å²) in [6.07, 6.45) is -0.395. The van der Waals surface area contributed by atoms with Gasteiger partial charge in [-0.05, 0) is 67.4 Å². The number of hydrogen-bond donors (Lipinski definition) is 2. The Bertz CT molecular complexity index is 1650. The van der Waals surface area contributed by atoms with Crippen molar-refractivity contribution in [2.24, 2.45) is 5.92 Å². The molecule has 0 bridgehead atoms. The van der Waals surface area contributed by atoms with Gasteiger partial charge in [-0.15, -0.1) is 11.3 Å². The van der Waals surface area contributed by atoms with Crippen LogP contribution < -0.4 is 14.2 Å². The van der Waals surface area contributed by atoms with Crippen molar-refractivity contribution in [2.75, 3.05) is 31.5 Å². The zero-order valence-electron chi connectivity index (χ0n) is 24.9. The van der Waals surface area contributed by atoms with E-state index in [-0.39, 0.29) is 39.6 Å². The number of ether oxygens (including phenoxy) is 2. The van der Waals surface area contributed by atoms with Gasteiger partial charge in [0.15, 0.2) is 5.75 Å². The molecule has 0 unspecified atom stereocenters. The van der Waals surface area contributed by atoms with Gasteiger partial charge in [-0.3, -0.25) is 14.4 Å². The summed E-state index contributed by atoms with van der Waals surface area (Å²) < 4.78 is 41.6. The lowest BCUT2D eigenvalue weighted by molar-refractivity contribution is 0.0344. The molecule has 11 heteroatoms. The molecule has 0 spiro atoms. The molecular weight excluding hydrogens is 599 g/mol. The topological polar surface area (TPSA) is 108 Å². The van der Waals surface area contributed by atoms with Crippen molar-refractivity contribution in [1.82, 2.24) is 9.80 Å². The normalized spacial score (nSPS) is 17.8. The van der Waals surface area contributed by atoms with E-state index >= 15 is 0 Å². The van der Waals surface area contributed by atoms with E-state index in [1.807, 2.05) is 68.6 Å². The van der Waals surface area contributed by atoms with Crippen LogP contribution in [0.3, 0.4) is 0 Å². The molecule has 3 atom stereocenters. The maximum absolute atomic E-state index is 13.7. The van der Waals surface area contributed by atoms with E-state index < -0.39 is 22.2 Å². The van der Waals surface area contributed by atoms with E-state index in [0.717, 1.165) is 28.4 Å². The molecule has 0 fully saturated rings. The number of hydrogen-bond acceptors (Lipinski definition) is 8. The molecule has 0 radical (unpaired) electrons. The first-order chi connectivity index (χ1) is 21.1. The third kappa shape index (κ3) is 7.41. The first-order valence-electron chi connectivity index (χ1n) is 14.4. The first-order valence-corrected chi connectivity index (χ1v) is 16.8. The van der Waals surface area contributed by atoms with Crippen molar-refractivity contribution in [3.05, 3.63) is 101 Å². The number of sulfonamides is 1. The fourth-order valence-corrected chi connectivity index (χ4v) is 7.18. The van der Waals surface area contributed by atoms with Crippen LogP contribution in [-0.4, -0.2) is 68.1 Å². The number of carbonyl (C=O) groups is 1. The lowest BCUT2D eigenvalue weighted by atomic mass is 9.99. The zero-order valence-corrected chi connectivity index (χ0v) is 26.6. The molecule has 5 rings (SSSR count). The summed E-state index contributed by atoms with van der Waals surface area (Å²) in [5.41, 5.74) is 1.52. The lowest BCUT2D eigenvalue weighted by Gasteiger charge is -2.38. The Morgan fingerprint density at radius 3 is 2.45 bits per heavy atom. The van der Waals surface area contributed by atoms with Crippen LogP contribution in [0.4, 0.5) is 5.69 Å². The summed E-state index contributed by atoms with van der Waals surface area (Å²) in [7, 11) is -1.90. The van der Waals surface area contributed by atoms with Crippen LogP contribution in [0.15, 0.2) is 94.5 Å². The molecule has 4 aromatic rings. The van der Waals surface area contributed by atoms with Gasteiger partial charge in [0, 0.05) is 25.6 Å². The number of nitrogens with zero attached hydrogens (tertiary/aromatic N) is 2. The van der Waals surface area contributed by atoms with Crippen molar-refractivity contribution in [1.29, 1.82) is 0 Å². The Labute approximate surface area is 262 Å². The van der Waals surface area contributed by atoms with Crippen LogP contribution in [0.5, 0.6) is 17.2 Å². The highest BCUT2D eigenvalue weighted by Gasteiger charge is 2.35. The number of fused-ring (bicyclic) bond motifs is 1. The number of rotatable bonds is 11. The predicted octanol–water partition coefficient (Wildman–Crippen LogP) is 5.69. The lowest BCUT2D eigenvalue weighted by Crippen LogP contribution is -2.49. The van der Waals surface area contributed by atoms with Crippen molar-refractivity contribution < 1.29 is 27.8 Å². The van der Waals surface area contributed by atoms with Crippen LogP contribution in [0.1, 0.15) is 29.8 Å². The SMILES string of the molecule is C[C@H]1CN([C@@H](C)CO)C(=O)c2cccc(NS(=O)(=O)c3cccs3)c2O[C@@H]1CN(C)Cc1ccc(Oc2ccccc2)cc1. The van der Waals surface area contributed by atoms with E-state index in [2.05, 4.69) is 9.62 Å². The van der Waals surface area contributed by atoms with E-state index in [0.29, 0.717) is 19.6 Å². The number of benzene rings is 3. The molecule has 9 nitrogen and oxygen atoms in total. The number of anilines is 1. The number of likely N-dealkylation sites (N-methyl/N-ethyl adjacent to an activating group) is 1. The van der Waals surface area contributed by atoms with Gasteiger partial charge < -0.3 is 19.5 Å². The maximum atomic E-state index is 13.7. The van der Waals surface area contributed by atoms with Gasteiger partial charge in [-0.2, -0.15) is 0 Å². The van der Waals surface area contributed by atoms with Crippen molar-refractivity contribution in [2.45, 2.75) is 36.7 Å². The molecule has 1 aliphatic rings. The zero-order chi connectivity index (χ0) is 31.3. The minimum atomic E-state index is -3.89. The van der Waals surface area contributed by atoms with Crippen LogP contribution >= 0.6 is 11.3 Å². The molecule has 2 heterocycles. The highest BCUT2D eigenvalue weighted by atomic mass is 32.2. The molecule has 44 heavy (non-hydrogen) atoms. The Kier molecular flexibility index (Phi) is 9.90. The third-order valence-electron chi connectivity index (χ3n) is 7.54. The molecule has 0 saturated heterocycles. The van der Waals surface area contributed by atoms with Crippen molar-refractivity contribution in [3.63, 3.8) is 0 Å². The first kappa shape index (κ1) is 31.5. The summed E-state index contributed by atoms with van der Waals surface area (Å²) >= 11 is 1.10. The fraction of sp³-hybridized carbons (Fsp3) is 0.303. The maximum Gasteiger partial charge on any atom is 0.271 e. The van der Waals surface area contributed by atoms with Gasteiger partial charge in [-0.1, -0.05) is 49.4 Å². The molecule has 3 aromatic carbocycles. The van der Waals surface area contributed by atoms with Crippen LogP contribution in [-0.2, 0) is 16.6 Å². The largest absolute Gasteiger partial charge is 0.486 e. The van der Waals surface area contributed by atoms with Crippen LogP contribution in [0.2, 0.25) is 0 Å². The molecule has 0 saturated carbocycles. The number of nitrogens with one attached hydrogen (secondary N) is 1. The van der Waals surface area contributed by atoms with Crippen molar-refractivity contribution in [3.8, 4) is 17.2 Å². The number of amides is 1. The Morgan fingerprint density at radius 1 is 1.05 bits per heavy atom. The van der Waals surface area contributed by atoms with Gasteiger partial charge in [0.1, 0.15) is 21.8 Å². The van der Waals surface area contributed by atoms with Crippen LogP contribution in [0.25, 0.3) is 0 Å². The molecule has 2 N–H and O–H groups in total. The van der Waals surface area contributed by atoms with E-state index in [1.54, 1.807) is 41.5 Å². The summed E-state index contributed by atoms with van der Waals surface area (Å²) in [4.78, 5) is 17.5. The molecule has 232 valence electrons. The summed E-state index contributed by atoms with van der Waals surface area (Å²) in [5, 5.41) is 11.6.